The maximum absolute atomic E-state index is 13.7. The average Bonchev–Trinajstić information content (AvgIpc) is 2.70. The van der Waals surface area contributed by atoms with E-state index in [0.29, 0.717) is 0 Å². The molecule has 1 aromatic rings. The Morgan fingerprint density at radius 3 is 2.64 bits per heavy atom. The van der Waals surface area contributed by atoms with Crippen LogP contribution < -0.4 is 5.32 Å². The minimum atomic E-state index is -0.700. The molecule has 152 valence electrons. The fourth-order valence-electron chi connectivity index (χ4n) is 3.08. The molecule has 0 spiro atoms. The lowest BCUT2D eigenvalue weighted by Crippen LogP contribution is -2.36. The van der Waals surface area contributed by atoms with Crippen LogP contribution in [0.4, 0.5) is 8.78 Å². The largest absolute Gasteiger partial charge is 0.378 e. The summed E-state index contributed by atoms with van der Waals surface area (Å²) in [7, 11) is 0. The Hall–Kier alpha value is -2.47. The molecule has 1 saturated heterocycles. The van der Waals surface area contributed by atoms with E-state index in [1.165, 1.54) is 18.2 Å². The SMILES string of the molecule is C/C=C(\C=C(/C)N1CCOCC1)C(CC)NC(=O)/C=C/c1ccc(F)cc1F. The highest BCUT2D eigenvalue weighted by Crippen LogP contribution is 2.15. The third-order valence-corrected chi connectivity index (χ3v) is 4.72. The molecular formula is C22H28F2N2O2. The first-order valence-electron chi connectivity index (χ1n) is 9.55. The van der Waals surface area contributed by atoms with Crippen molar-refractivity contribution in [3.63, 3.8) is 0 Å². The Morgan fingerprint density at radius 2 is 2.04 bits per heavy atom. The molecule has 0 bridgehead atoms. The van der Waals surface area contributed by atoms with Crippen molar-refractivity contribution >= 4 is 12.0 Å². The van der Waals surface area contributed by atoms with Crippen LogP contribution in [0.5, 0.6) is 0 Å². The number of hydrogen-bond donors (Lipinski definition) is 1. The van der Waals surface area contributed by atoms with Crippen LogP contribution in [0.3, 0.4) is 0 Å². The molecule has 2 rings (SSSR count). The summed E-state index contributed by atoms with van der Waals surface area (Å²) < 4.78 is 32.0. The van der Waals surface area contributed by atoms with Gasteiger partial charge < -0.3 is 15.0 Å². The van der Waals surface area contributed by atoms with Crippen molar-refractivity contribution in [1.82, 2.24) is 10.2 Å². The number of carbonyl (C=O) groups excluding carboxylic acids is 1. The lowest BCUT2D eigenvalue weighted by atomic mass is 10.0. The smallest absolute Gasteiger partial charge is 0.244 e. The second-order valence-corrected chi connectivity index (χ2v) is 6.64. The summed E-state index contributed by atoms with van der Waals surface area (Å²) in [5, 5.41) is 2.95. The van der Waals surface area contributed by atoms with Gasteiger partial charge in [0, 0.05) is 36.5 Å². The summed E-state index contributed by atoms with van der Waals surface area (Å²) in [6.45, 7) is 9.14. The zero-order chi connectivity index (χ0) is 20.5. The first-order valence-corrected chi connectivity index (χ1v) is 9.55. The quantitative estimate of drug-likeness (QED) is 0.564. The second kappa shape index (κ2) is 10.8. The molecule has 0 radical (unpaired) electrons. The van der Waals surface area contributed by atoms with E-state index in [1.807, 2.05) is 19.9 Å². The van der Waals surface area contributed by atoms with E-state index in [9.17, 15) is 13.6 Å². The normalized spacial score (nSPS) is 17.1. The van der Waals surface area contributed by atoms with Crippen molar-refractivity contribution in [2.24, 2.45) is 0 Å². The van der Waals surface area contributed by atoms with Gasteiger partial charge in [0.05, 0.1) is 19.3 Å². The minimum Gasteiger partial charge on any atom is -0.378 e. The molecule has 0 aliphatic carbocycles. The number of morpholine rings is 1. The van der Waals surface area contributed by atoms with Crippen LogP contribution in [0.1, 0.15) is 32.8 Å². The molecule has 1 aromatic carbocycles. The number of benzene rings is 1. The monoisotopic (exact) mass is 390 g/mol. The Balaban J connectivity index is 2.04. The maximum Gasteiger partial charge on any atom is 0.244 e. The van der Waals surface area contributed by atoms with E-state index in [-0.39, 0.29) is 17.5 Å². The number of nitrogens with one attached hydrogen (secondary N) is 1. The van der Waals surface area contributed by atoms with Gasteiger partial charge in [-0.05, 0) is 50.1 Å². The molecule has 1 N–H and O–H groups in total. The van der Waals surface area contributed by atoms with Crippen LogP contribution in [-0.2, 0) is 9.53 Å². The molecule has 1 aliphatic rings. The van der Waals surface area contributed by atoms with Gasteiger partial charge in [0.2, 0.25) is 5.91 Å². The highest BCUT2D eigenvalue weighted by molar-refractivity contribution is 5.92. The molecular weight excluding hydrogens is 362 g/mol. The standard InChI is InChI=1S/C22H28F2N2O2/c1-4-17(14-16(3)26-10-12-28-13-11-26)21(5-2)25-22(27)9-7-18-6-8-19(23)15-20(18)24/h4,6-9,14-15,21H,5,10-13H2,1-3H3,(H,25,27)/b9-7+,16-14+,17-4+. The van der Waals surface area contributed by atoms with Gasteiger partial charge >= 0.3 is 0 Å². The maximum atomic E-state index is 13.7. The molecule has 4 nitrogen and oxygen atoms in total. The third kappa shape index (κ3) is 6.30. The number of amides is 1. The molecule has 0 saturated carbocycles. The van der Waals surface area contributed by atoms with Crippen molar-refractivity contribution < 1.29 is 18.3 Å². The van der Waals surface area contributed by atoms with Gasteiger partial charge in [-0.15, -0.1) is 0 Å². The molecule has 1 amide bonds. The van der Waals surface area contributed by atoms with Gasteiger partial charge in [-0.3, -0.25) is 4.79 Å². The molecule has 1 unspecified atom stereocenters. The van der Waals surface area contributed by atoms with E-state index in [2.05, 4.69) is 23.2 Å². The highest BCUT2D eigenvalue weighted by Gasteiger charge is 2.15. The predicted molar refractivity (Wildman–Crippen MR) is 108 cm³/mol. The topological polar surface area (TPSA) is 41.6 Å². The second-order valence-electron chi connectivity index (χ2n) is 6.64. The molecule has 1 atom stereocenters. The Kier molecular flexibility index (Phi) is 8.39. The van der Waals surface area contributed by atoms with Gasteiger partial charge in [0.25, 0.3) is 0 Å². The first-order chi connectivity index (χ1) is 13.4. The van der Waals surface area contributed by atoms with Gasteiger partial charge in [-0.25, -0.2) is 8.78 Å². The third-order valence-electron chi connectivity index (χ3n) is 4.72. The summed E-state index contributed by atoms with van der Waals surface area (Å²) in [5.74, 6) is -1.67. The molecule has 0 aromatic heterocycles. The van der Waals surface area contributed by atoms with E-state index in [4.69, 9.17) is 4.74 Å². The summed E-state index contributed by atoms with van der Waals surface area (Å²) in [4.78, 5) is 14.6. The van der Waals surface area contributed by atoms with Gasteiger partial charge in [0.15, 0.2) is 0 Å². The van der Waals surface area contributed by atoms with E-state index in [0.717, 1.165) is 56.1 Å². The fourth-order valence-corrected chi connectivity index (χ4v) is 3.08. The number of halogens is 2. The lowest BCUT2D eigenvalue weighted by Gasteiger charge is -2.30. The Bertz CT molecular complexity index is 766. The molecule has 1 aliphatic heterocycles. The van der Waals surface area contributed by atoms with Gasteiger partial charge in [-0.1, -0.05) is 13.0 Å². The van der Waals surface area contributed by atoms with Crippen LogP contribution >= 0.6 is 0 Å². The van der Waals surface area contributed by atoms with Crippen LogP contribution in [0.15, 0.2) is 47.7 Å². The first kappa shape index (κ1) is 21.8. The van der Waals surface area contributed by atoms with Crippen LogP contribution in [0.2, 0.25) is 0 Å². The molecule has 1 fully saturated rings. The Labute approximate surface area is 165 Å². The molecule has 28 heavy (non-hydrogen) atoms. The van der Waals surface area contributed by atoms with E-state index in [1.54, 1.807) is 0 Å². The summed E-state index contributed by atoms with van der Waals surface area (Å²) >= 11 is 0. The molecule has 6 heteroatoms. The number of rotatable bonds is 7. The van der Waals surface area contributed by atoms with E-state index >= 15 is 0 Å². The number of allylic oxidation sites excluding steroid dienone is 2. The van der Waals surface area contributed by atoms with Crippen molar-refractivity contribution in [3.8, 4) is 0 Å². The summed E-state index contributed by atoms with van der Waals surface area (Å²) in [5.41, 5.74) is 2.31. The number of nitrogens with zero attached hydrogens (tertiary/aromatic N) is 1. The van der Waals surface area contributed by atoms with Crippen molar-refractivity contribution in [3.05, 3.63) is 64.9 Å². The lowest BCUT2D eigenvalue weighted by molar-refractivity contribution is -0.116. The summed E-state index contributed by atoms with van der Waals surface area (Å²) in [6.07, 6.45) is 7.41. The number of hydrogen-bond acceptors (Lipinski definition) is 3. The van der Waals surface area contributed by atoms with Crippen molar-refractivity contribution in [2.75, 3.05) is 26.3 Å². The van der Waals surface area contributed by atoms with Crippen LogP contribution in [-0.4, -0.2) is 43.2 Å². The number of ether oxygens (including phenoxy) is 1. The van der Waals surface area contributed by atoms with Gasteiger partial charge in [0.1, 0.15) is 11.6 Å². The fraction of sp³-hybridized carbons (Fsp3) is 0.409. The average molecular weight is 390 g/mol. The number of carbonyl (C=O) groups is 1. The Morgan fingerprint density at radius 1 is 1.32 bits per heavy atom. The van der Waals surface area contributed by atoms with Crippen molar-refractivity contribution in [2.45, 2.75) is 33.2 Å². The summed E-state index contributed by atoms with van der Waals surface area (Å²) in [6, 6.07) is 3.10. The molecule has 1 heterocycles. The van der Waals surface area contributed by atoms with Crippen LogP contribution in [0, 0.1) is 11.6 Å². The van der Waals surface area contributed by atoms with E-state index < -0.39 is 11.6 Å². The predicted octanol–water partition coefficient (Wildman–Crippen LogP) is 4.06. The minimum absolute atomic E-state index is 0.156. The van der Waals surface area contributed by atoms with Gasteiger partial charge in [-0.2, -0.15) is 0 Å². The zero-order valence-electron chi connectivity index (χ0n) is 16.7. The van der Waals surface area contributed by atoms with Crippen molar-refractivity contribution in [1.29, 1.82) is 0 Å². The highest BCUT2D eigenvalue weighted by atomic mass is 19.1. The zero-order valence-corrected chi connectivity index (χ0v) is 16.7. The van der Waals surface area contributed by atoms with Crippen LogP contribution in [0.25, 0.3) is 6.08 Å².